The van der Waals surface area contributed by atoms with Gasteiger partial charge in [0, 0.05) is 19.0 Å². The van der Waals surface area contributed by atoms with Crippen molar-refractivity contribution >= 4 is 22.8 Å². The molecule has 0 bridgehead atoms. The Bertz CT molecular complexity index is 1060. The van der Waals surface area contributed by atoms with Crippen molar-refractivity contribution in [3.63, 3.8) is 0 Å². The van der Waals surface area contributed by atoms with E-state index in [1.165, 1.54) is 17.0 Å². The number of likely N-dealkylation sites (tertiary alicyclic amines) is 1. The zero-order valence-corrected chi connectivity index (χ0v) is 17.5. The second-order valence-corrected chi connectivity index (χ2v) is 8.07. The van der Waals surface area contributed by atoms with E-state index < -0.39 is 17.9 Å². The smallest absolute Gasteiger partial charge is 0.312 e. The Labute approximate surface area is 179 Å². The zero-order valence-electron chi connectivity index (χ0n) is 17.5. The molecule has 0 radical (unpaired) electrons. The molecule has 2 amide bonds. The number of carbonyl (C=O) groups is 2. The van der Waals surface area contributed by atoms with Crippen LogP contribution in [0.15, 0.2) is 48.5 Å². The van der Waals surface area contributed by atoms with Gasteiger partial charge in [-0.3, -0.25) is 9.59 Å². The van der Waals surface area contributed by atoms with Crippen LogP contribution in [0.25, 0.3) is 11.0 Å². The van der Waals surface area contributed by atoms with Gasteiger partial charge < -0.3 is 19.9 Å². The number of para-hydroxylation sites is 2. The molecule has 2 heterocycles. The van der Waals surface area contributed by atoms with Gasteiger partial charge in [0.05, 0.1) is 23.6 Å². The van der Waals surface area contributed by atoms with Crippen molar-refractivity contribution in [1.82, 2.24) is 20.2 Å². The van der Waals surface area contributed by atoms with Crippen molar-refractivity contribution in [2.75, 3.05) is 13.1 Å². The minimum absolute atomic E-state index is 0.0277. The molecule has 2 atom stereocenters. The number of aromatic nitrogens is 2. The Morgan fingerprint density at radius 1 is 1.23 bits per heavy atom. The summed E-state index contributed by atoms with van der Waals surface area (Å²) in [5, 5.41) is 2.83. The van der Waals surface area contributed by atoms with E-state index in [1.54, 1.807) is 12.1 Å². The van der Waals surface area contributed by atoms with Crippen LogP contribution in [-0.4, -0.2) is 45.9 Å². The summed E-state index contributed by atoms with van der Waals surface area (Å²) >= 11 is 0. The van der Waals surface area contributed by atoms with Gasteiger partial charge in [0.2, 0.25) is 0 Å². The van der Waals surface area contributed by atoms with Crippen LogP contribution in [-0.2, 0) is 9.59 Å². The summed E-state index contributed by atoms with van der Waals surface area (Å²) in [5.41, 5.74) is 1.68. The summed E-state index contributed by atoms with van der Waals surface area (Å²) in [4.78, 5) is 34.7. The average molecular weight is 424 g/mol. The largest absolute Gasteiger partial charge is 0.488 e. The van der Waals surface area contributed by atoms with Crippen LogP contribution in [0.1, 0.15) is 32.1 Å². The summed E-state index contributed by atoms with van der Waals surface area (Å²) in [6, 6.07) is 13.1. The first-order valence-corrected chi connectivity index (χ1v) is 10.4. The number of halogens is 1. The van der Waals surface area contributed by atoms with E-state index in [1.807, 2.05) is 38.1 Å². The molecule has 1 saturated heterocycles. The van der Waals surface area contributed by atoms with Crippen molar-refractivity contribution in [2.45, 2.75) is 32.4 Å². The third kappa shape index (κ3) is 4.68. The Morgan fingerprint density at radius 2 is 2.03 bits per heavy atom. The summed E-state index contributed by atoms with van der Waals surface area (Å²) < 4.78 is 19.1. The second-order valence-electron chi connectivity index (χ2n) is 8.07. The van der Waals surface area contributed by atoms with Gasteiger partial charge in [-0.15, -0.1) is 0 Å². The van der Waals surface area contributed by atoms with Crippen LogP contribution in [0.5, 0.6) is 5.75 Å². The highest BCUT2D eigenvalue weighted by Gasteiger charge is 2.33. The molecule has 0 aliphatic carbocycles. The molecule has 162 valence electrons. The SMILES string of the molecule is CC(C)C(NC(=O)C(=O)N1CCC(Oc2cccc(F)c2)C1)c1nc2ccccc2[nH]1. The van der Waals surface area contributed by atoms with Crippen molar-refractivity contribution in [1.29, 1.82) is 0 Å². The van der Waals surface area contributed by atoms with E-state index in [-0.39, 0.29) is 24.4 Å². The molecule has 0 spiro atoms. The lowest BCUT2D eigenvalue weighted by molar-refractivity contribution is -0.145. The average Bonchev–Trinajstić information content (AvgIpc) is 3.37. The molecule has 3 aromatic rings. The van der Waals surface area contributed by atoms with Crippen LogP contribution in [0, 0.1) is 11.7 Å². The third-order valence-electron chi connectivity index (χ3n) is 5.38. The van der Waals surface area contributed by atoms with E-state index >= 15 is 0 Å². The fourth-order valence-electron chi connectivity index (χ4n) is 3.76. The highest BCUT2D eigenvalue weighted by Crippen LogP contribution is 2.23. The number of imidazole rings is 1. The maximum atomic E-state index is 13.3. The van der Waals surface area contributed by atoms with Gasteiger partial charge in [0.15, 0.2) is 0 Å². The molecule has 31 heavy (non-hydrogen) atoms. The number of aromatic amines is 1. The quantitative estimate of drug-likeness (QED) is 0.616. The number of rotatable bonds is 5. The lowest BCUT2D eigenvalue weighted by Crippen LogP contribution is -2.45. The van der Waals surface area contributed by atoms with E-state index in [4.69, 9.17) is 4.74 Å². The number of amides is 2. The number of H-pyrrole nitrogens is 1. The van der Waals surface area contributed by atoms with Gasteiger partial charge >= 0.3 is 11.8 Å². The molecule has 1 fully saturated rings. The van der Waals surface area contributed by atoms with Crippen LogP contribution in [0.4, 0.5) is 4.39 Å². The first kappa shape index (κ1) is 20.8. The molecule has 7 nitrogen and oxygen atoms in total. The minimum atomic E-state index is -0.675. The molecule has 1 aliphatic rings. The number of benzene rings is 2. The molecule has 2 N–H and O–H groups in total. The molecule has 2 aromatic carbocycles. The highest BCUT2D eigenvalue weighted by molar-refractivity contribution is 6.35. The summed E-state index contributed by atoms with van der Waals surface area (Å²) in [6.45, 7) is 4.60. The topological polar surface area (TPSA) is 87.3 Å². The normalized spacial score (nSPS) is 17.2. The first-order valence-electron chi connectivity index (χ1n) is 10.4. The Morgan fingerprint density at radius 3 is 2.77 bits per heavy atom. The number of nitrogens with one attached hydrogen (secondary N) is 2. The predicted molar refractivity (Wildman–Crippen MR) is 114 cm³/mol. The van der Waals surface area contributed by atoms with E-state index in [0.717, 1.165) is 11.0 Å². The number of carbonyl (C=O) groups excluding carboxylic acids is 2. The van der Waals surface area contributed by atoms with Gasteiger partial charge in [0.25, 0.3) is 0 Å². The molecule has 1 aliphatic heterocycles. The van der Waals surface area contributed by atoms with Gasteiger partial charge in [-0.1, -0.05) is 32.0 Å². The van der Waals surface area contributed by atoms with Gasteiger partial charge in [-0.2, -0.15) is 0 Å². The van der Waals surface area contributed by atoms with Crippen LogP contribution >= 0.6 is 0 Å². The van der Waals surface area contributed by atoms with Gasteiger partial charge in [0.1, 0.15) is 23.5 Å². The monoisotopic (exact) mass is 424 g/mol. The van der Waals surface area contributed by atoms with Gasteiger partial charge in [-0.25, -0.2) is 9.37 Å². The van der Waals surface area contributed by atoms with Crippen LogP contribution < -0.4 is 10.1 Å². The van der Waals surface area contributed by atoms with Crippen LogP contribution in [0.3, 0.4) is 0 Å². The zero-order chi connectivity index (χ0) is 22.0. The van der Waals surface area contributed by atoms with E-state index in [9.17, 15) is 14.0 Å². The third-order valence-corrected chi connectivity index (χ3v) is 5.38. The maximum Gasteiger partial charge on any atom is 0.312 e. The second kappa shape index (κ2) is 8.75. The number of fused-ring (bicyclic) bond motifs is 1. The van der Waals surface area contributed by atoms with Gasteiger partial charge in [-0.05, 0) is 30.2 Å². The van der Waals surface area contributed by atoms with Crippen LogP contribution in [0.2, 0.25) is 0 Å². The van der Waals surface area contributed by atoms with E-state index in [2.05, 4.69) is 15.3 Å². The van der Waals surface area contributed by atoms with Crippen molar-refractivity contribution < 1.29 is 18.7 Å². The van der Waals surface area contributed by atoms with Crippen molar-refractivity contribution in [3.8, 4) is 5.75 Å². The van der Waals surface area contributed by atoms with Crippen molar-refractivity contribution in [3.05, 3.63) is 60.2 Å². The van der Waals surface area contributed by atoms with Crippen molar-refractivity contribution in [2.24, 2.45) is 5.92 Å². The molecule has 1 aromatic heterocycles. The maximum absolute atomic E-state index is 13.3. The number of hydrogen-bond donors (Lipinski definition) is 2. The highest BCUT2D eigenvalue weighted by atomic mass is 19.1. The number of nitrogens with zero attached hydrogens (tertiary/aromatic N) is 2. The molecular weight excluding hydrogens is 399 g/mol. The molecule has 8 heteroatoms. The molecular formula is C23H25FN4O3. The lowest BCUT2D eigenvalue weighted by atomic mass is 10.0. The first-order chi connectivity index (χ1) is 14.9. The lowest BCUT2D eigenvalue weighted by Gasteiger charge is -2.22. The summed E-state index contributed by atoms with van der Waals surface area (Å²) in [5.74, 6) is -0.606. The standard InChI is InChI=1S/C23H25FN4O3/c1-14(2)20(21-25-18-8-3-4-9-19(18)26-21)27-22(29)23(30)28-11-10-17(13-28)31-16-7-5-6-15(24)12-16/h3-9,12,14,17,20H,10-11,13H2,1-2H3,(H,25,26)(H,27,29). The molecule has 4 rings (SSSR count). The minimum Gasteiger partial charge on any atom is -0.488 e. The molecule has 0 saturated carbocycles. The summed E-state index contributed by atoms with van der Waals surface area (Å²) in [7, 11) is 0. The van der Waals surface area contributed by atoms with E-state index in [0.29, 0.717) is 24.5 Å². The fraction of sp³-hybridized carbons (Fsp3) is 0.348. The Balaban J connectivity index is 1.39. The fourth-order valence-corrected chi connectivity index (χ4v) is 3.76. The number of hydrogen-bond acceptors (Lipinski definition) is 4. The summed E-state index contributed by atoms with van der Waals surface area (Å²) in [6.07, 6.45) is 0.294. The molecule has 2 unspecified atom stereocenters. The Hall–Kier alpha value is -3.42. The number of ether oxygens (including phenoxy) is 1. The predicted octanol–water partition coefficient (Wildman–Crippen LogP) is 3.20. The Kier molecular flexibility index (Phi) is 5.88.